The molecule has 0 saturated heterocycles. The van der Waals surface area contributed by atoms with Gasteiger partial charge >= 0.3 is 5.97 Å². The van der Waals surface area contributed by atoms with Crippen molar-refractivity contribution in [1.82, 2.24) is 5.06 Å². The van der Waals surface area contributed by atoms with Crippen LogP contribution in [-0.4, -0.2) is 17.6 Å². The van der Waals surface area contributed by atoms with Crippen molar-refractivity contribution in [3.8, 4) is 0 Å². The lowest BCUT2D eigenvalue weighted by Crippen LogP contribution is -2.30. The average Bonchev–Trinajstić information content (AvgIpc) is 2.79. The Morgan fingerprint density at radius 1 is 1.45 bits per heavy atom. The first-order valence-electron chi connectivity index (χ1n) is 6.39. The van der Waals surface area contributed by atoms with Crippen LogP contribution < -0.4 is 0 Å². The number of nitrogens with zero attached hydrogens (tertiary/aromatic N) is 1. The maximum absolute atomic E-state index is 13.8. The molecule has 1 heterocycles. The zero-order valence-electron chi connectivity index (χ0n) is 11.7. The fraction of sp³-hybridized carbons (Fsp3) is 0.400. The first-order chi connectivity index (χ1) is 9.27. The summed E-state index contributed by atoms with van der Waals surface area (Å²) in [7, 11) is 0. The number of benzene rings is 1. The molecular weight excluding hydrogens is 281 g/mol. The van der Waals surface area contributed by atoms with E-state index in [0.29, 0.717) is 17.1 Å². The number of carbonyl (C=O) groups is 1. The van der Waals surface area contributed by atoms with E-state index in [1.807, 2.05) is 0 Å². The van der Waals surface area contributed by atoms with Crippen molar-refractivity contribution >= 4 is 17.6 Å². The third kappa shape index (κ3) is 3.31. The highest BCUT2D eigenvalue weighted by molar-refractivity contribution is 6.30. The smallest absolute Gasteiger partial charge is 0.337 e. The van der Waals surface area contributed by atoms with E-state index in [0.717, 1.165) is 0 Å². The van der Waals surface area contributed by atoms with Crippen LogP contribution >= 0.6 is 11.6 Å². The summed E-state index contributed by atoms with van der Waals surface area (Å²) < 4.78 is 13.8. The maximum atomic E-state index is 13.8. The normalized spacial score (nSPS) is 18.4. The SMILES string of the molecule is CC(C)(C)C(=O)ON1C=CC(c2cc(Cl)ccc2F)C1. The molecule has 3 nitrogen and oxygen atoms in total. The van der Waals surface area contributed by atoms with Crippen LogP contribution in [0.4, 0.5) is 4.39 Å². The van der Waals surface area contributed by atoms with E-state index in [2.05, 4.69) is 0 Å². The summed E-state index contributed by atoms with van der Waals surface area (Å²) in [5.41, 5.74) is -0.0733. The highest BCUT2D eigenvalue weighted by atomic mass is 35.5. The van der Waals surface area contributed by atoms with Crippen molar-refractivity contribution in [2.75, 3.05) is 6.54 Å². The molecule has 1 unspecified atom stereocenters. The Kier molecular flexibility index (Phi) is 4.04. The van der Waals surface area contributed by atoms with Gasteiger partial charge in [0, 0.05) is 17.1 Å². The van der Waals surface area contributed by atoms with Gasteiger partial charge in [-0.2, -0.15) is 0 Å². The molecular formula is C15H17ClFNO2. The Morgan fingerprint density at radius 3 is 2.80 bits per heavy atom. The summed E-state index contributed by atoms with van der Waals surface area (Å²) in [4.78, 5) is 17.0. The first kappa shape index (κ1) is 14.9. The number of hydroxylamine groups is 2. The van der Waals surface area contributed by atoms with E-state index in [1.54, 1.807) is 39.1 Å². The van der Waals surface area contributed by atoms with Crippen LogP contribution in [0.15, 0.2) is 30.5 Å². The molecule has 1 aliphatic heterocycles. The van der Waals surface area contributed by atoms with Gasteiger partial charge in [0.25, 0.3) is 0 Å². The minimum atomic E-state index is -0.576. The van der Waals surface area contributed by atoms with Gasteiger partial charge in [-0.1, -0.05) is 17.7 Å². The molecule has 0 aliphatic carbocycles. The van der Waals surface area contributed by atoms with Gasteiger partial charge in [0.05, 0.1) is 12.0 Å². The summed E-state index contributed by atoms with van der Waals surface area (Å²) in [6, 6.07) is 4.45. The molecule has 0 saturated carbocycles. The van der Waals surface area contributed by atoms with Crippen molar-refractivity contribution in [2.24, 2.45) is 5.41 Å². The highest BCUT2D eigenvalue weighted by Crippen LogP contribution is 2.29. The molecule has 2 rings (SSSR count). The molecule has 0 N–H and O–H groups in total. The van der Waals surface area contributed by atoms with Gasteiger partial charge in [0.15, 0.2) is 0 Å². The van der Waals surface area contributed by atoms with Crippen molar-refractivity contribution in [2.45, 2.75) is 26.7 Å². The molecule has 1 atom stereocenters. The molecule has 108 valence electrons. The van der Waals surface area contributed by atoms with Gasteiger partial charge in [-0.3, -0.25) is 0 Å². The molecule has 0 spiro atoms. The Balaban J connectivity index is 2.05. The minimum Gasteiger partial charge on any atom is -0.341 e. The maximum Gasteiger partial charge on any atom is 0.337 e. The number of carbonyl (C=O) groups excluding carboxylic acids is 1. The Morgan fingerprint density at radius 2 is 2.15 bits per heavy atom. The van der Waals surface area contributed by atoms with Gasteiger partial charge in [0.1, 0.15) is 5.82 Å². The van der Waals surface area contributed by atoms with E-state index >= 15 is 0 Å². The van der Waals surface area contributed by atoms with Gasteiger partial charge in [-0.25, -0.2) is 14.2 Å². The molecule has 1 aromatic carbocycles. The average molecular weight is 298 g/mol. The van der Waals surface area contributed by atoms with Crippen LogP contribution in [0.25, 0.3) is 0 Å². The van der Waals surface area contributed by atoms with Gasteiger partial charge in [-0.15, -0.1) is 0 Å². The standard InChI is InChI=1S/C15H17ClFNO2/c1-15(2,3)14(19)20-18-7-6-10(9-18)12-8-11(16)4-5-13(12)17/h4-8,10H,9H2,1-3H3. The molecule has 0 amide bonds. The fourth-order valence-corrected chi connectivity index (χ4v) is 2.01. The monoisotopic (exact) mass is 297 g/mol. The molecule has 20 heavy (non-hydrogen) atoms. The molecule has 1 aromatic rings. The van der Waals surface area contributed by atoms with Crippen molar-refractivity contribution in [3.63, 3.8) is 0 Å². The van der Waals surface area contributed by atoms with E-state index in [4.69, 9.17) is 16.4 Å². The quantitative estimate of drug-likeness (QED) is 0.829. The number of hydrogen-bond donors (Lipinski definition) is 0. The number of hydrogen-bond acceptors (Lipinski definition) is 3. The van der Waals surface area contributed by atoms with E-state index < -0.39 is 5.41 Å². The molecule has 0 aromatic heterocycles. The van der Waals surface area contributed by atoms with E-state index in [-0.39, 0.29) is 17.7 Å². The second-order valence-corrected chi connectivity index (χ2v) is 6.28. The topological polar surface area (TPSA) is 29.5 Å². The predicted octanol–water partition coefficient (Wildman–Crippen LogP) is 3.90. The van der Waals surface area contributed by atoms with Gasteiger partial charge < -0.3 is 4.84 Å². The zero-order chi connectivity index (χ0) is 14.9. The summed E-state index contributed by atoms with van der Waals surface area (Å²) in [5.74, 6) is -0.816. The summed E-state index contributed by atoms with van der Waals surface area (Å²) in [5, 5.41) is 1.92. The Bertz CT molecular complexity index is 551. The molecule has 0 bridgehead atoms. The fourth-order valence-electron chi connectivity index (χ4n) is 1.83. The first-order valence-corrected chi connectivity index (χ1v) is 6.77. The molecule has 1 aliphatic rings. The summed E-state index contributed by atoms with van der Waals surface area (Å²) in [6.45, 7) is 5.73. The number of halogens is 2. The van der Waals surface area contributed by atoms with Crippen LogP contribution in [-0.2, 0) is 9.63 Å². The lowest BCUT2D eigenvalue weighted by atomic mass is 9.98. The minimum absolute atomic E-state index is 0.179. The lowest BCUT2D eigenvalue weighted by Gasteiger charge is -2.22. The third-order valence-electron chi connectivity index (χ3n) is 3.03. The zero-order valence-corrected chi connectivity index (χ0v) is 12.4. The summed E-state index contributed by atoms with van der Waals surface area (Å²) >= 11 is 5.89. The predicted molar refractivity (Wildman–Crippen MR) is 75.5 cm³/mol. The summed E-state index contributed by atoms with van der Waals surface area (Å²) in [6.07, 6.45) is 3.44. The second kappa shape index (κ2) is 5.44. The van der Waals surface area contributed by atoms with Crippen LogP contribution in [0.1, 0.15) is 32.3 Å². The highest BCUT2D eigenvalue weighted by Gasteiger charge is 2.28. The lowest BCUT2D eigenvalue weighted by molar-refractivity contribution is -0.187. The van der Waals surface area contributed by atoms with Crippen molar-refractivity contribution < 1.29 is 14.0 Å². The van der Waals surface area contributed by atoms with E-state index in [1.165, 1.54) is 17.2 Å². The molecule has 0 radical (unpaired) electrons. The molecule has 5 heteroatoms. The van der Waals surface area contributed by atoms with Crippen molar-refractivity contribution in [3.05, 3.63) is 46.9 Å². The Hall–Kier alpha value is -1.55. The van der Waals surface area contributed by atoms with Crippen molar-refractivity contribution in [1.29, 1.82) is 0 Å². The third-order valence-corrected chi connectivity index (χ3v) is 3.27. The van der Waals surface area contributed by atoms with Gasteiger partial charge in [0.2, 0.25) is 0 Å². The van der Waals surface area contributed by atoms with Crippen LogP contribution in [0.2, 0.25) is 5.02 Å². The van der Waals surface area contributed by atoms with Crippen LogP contribution in [0, 0.1) is 11.2 Å². The number of rotatable bonds is 2. The Labute approximate surface area is 122 Å². The van der Waals surface area contributed by atoms with Crippen LogP contribution in [0.3, 0.4) is 0 Å². The molecule has 0 fully saturated rings. The largest absolute Gasteiger partial charge is 0.341 e. The second-order valence-electron chi connectivity index (χ2n) is 5.84. The van der Waals surface area contributed by atoms with E-state index in [9.17, 15) is 9.18 Å². The van der Waals surface area contributed by atoms with Gasteiger partial charge in [-0.05, 0) is 44.5 Å². The van der Waals surface area contributed by atoms with Crippen LogP contribution in [0.5, 0.6) is 0 Å².